The number of rotatable bonds is 5. The lowest BCUT2D eigenvalue weighted by atomic mass is 9.85. The van der Waals surface area contributed by atoms with E-state index in [9.17, 15) is 4.79 Å². The van der Waals surface area contributed by atoms with Gasteiger partial charge in [0.1, 0.15) is 11.6 Å². The molecule has 0 aliphatic carbocycles. The SMILES string of the molecule is C=C(N[C@@H](C(=O)N1CCCC1)C(C)(C)C)c1c[nH]c2ncc(-c3cnn(C)c3)nc12. The van der Waals surface area contributed by atoms with E-state index in [2.05, 4.69) is 47.7 Å². The smallest absolute Gasteiger partial charge is 0.245 e. The molecule has 3 aromatic heterocycles. The summed E-state index contributed by atoms with van der Waals surface area (Å²) in [6.07, 6.45) is 9.37. The summed E-state index contributed by atoms with van der Waals surface area (Å²) in [7, 11) is 1.87. The van der Waals surface area contributed by atoms with E-state index in [4.69, 9.17) is 4.98 Å². The molecule has 4 rings (SSSR count). The minimum absolute atomic E-state index is 0.128. The third-order valence-electron chi connectivity index (χ3n) is 5.56. The predicted molar refractivity (Wildman–Crippen MR) is 117 cm³/mol. The monoisotopic (exact) mass is 407 g/mol. The van der Waals surface area contributed by atoms with Crippen LogP contribution in [0.1, 0.15) is 39.2 Å². The van der Waals surface area contributed by atoms with E-state index in [1.165, 1.54) is 0 Å². The Morgan fingerprint density at radius 1 is 1.27 bits per heavy atom. The Balaban J connectivity index is 1.63. The van der Waals surface area contributed by atoms with Gasteiger partial charge < -0.3 is 15.2 Å². The van der Waals surface area contributed by atoms with Gasteiger partial charge in [0.05, 0.1) is 18.1 Å². The molecule has 0 radical (unpaired) electrons. The Labute approximate surface area is 176 Å². The average Bonchev–Trinajstić information content (AvgIpc) is 3.44. The Bertz CT molecular complexity index is 1080. The summed E-state index contributed by atoms with van der Waals surface area (Å²) >= 11 is 0. The number of likely N-dealkylation sites (tertiary alicyclic amines) is 1. The van der Waals surface area contributed by atoms with Gasteiger partial charge in [-0.25, -0.2) is 9.97 Å². The summed E-state index contributed by atoms with van der Waals surface area (Å²) in [5.41, 5.74) is 4.24. The fraction of sp³-hybridized carbons (Fsp3) is 0.455. The standard InChI is InChI=1S/C22H29N7O/c1-14(26-19(22(2,3)4)21(30)29-8-6-7-9-29)16-11-23-20-18(16)27-17(12-24-20)15-10-25-28(5)13-15/h10-13,19,26H,1,6-9H2,2-5H3,(H,23,24)/t19-/m0/s1. The highest BCUT2D eigenvalue weighted by molar-refractivity contribution is 5.90. The van der Waals surface area contributed by atoms with E-state index < -0.39 is 0 Å². The zero-order chi connectivity index (χ0) is 21.5. The first-order chi connectivity index (χ1) is 14.2. The molecule has 8 nitrogen and oxygen atoms in total. The molecule has 0 spiro atoms. The fourth-order valence-corrected chi connectivity index (χ4v) is 3.83. The van der Waals surface area contributed by atoms with E-state index in [0.717, 1.165) is 48.3 Å². The van der Waals surface area contributed by atoms with Crippen LogP contribution in [0, 0.1) is 5.41 Å². The maximum Gasteiger partial charge on any atom is 0.245 e. The first-order valence-corrected chi connectivity index (χ1v) is 10.3. The maximum atomic E-state index is 13.2. The number of amides is 1. The Hall–Kier alpha value is -3.16. The molecule has 30 heavy (non-hydrogen) atoms. The zero-order valence-corrected chi connectivity index (χ0v) is 18.1. The molecular formula is C22H29N7O. The van der Waals surface area contributed by atoms with Crippen molar-refractivity contribution >= 4 is 22.8 Å². The maximum absolute atomic E-state index is 13.2. The van der Waals surface area contributed by atoms with Crippen LogP contribution in [-0.2, 0) is 11.8 Å². The molecule has 1 aliphatic heterocycles. The molecule has 0 aromatic carbocycles. The fourth-order valence-electron chi connectivity index (χ4n) is 3.83. The second-order valence-corrected chi connectivity index (χ2v) is 9.01. The van der Waals surface area contributed by atoms with Crippen LogP contribution >= 0.6 is 0 Å². The summed E-state index contributed by atoms with van der Waals surface area (Å²) in [5.74, 6) is 0.128. The van der Waals surface area contributed by atoms with Crippen molar-refractivity contribution in [3.8, 4) is 11.3 Å². The summed E-state index contributed by atoms with van der Waals surface area (Å²) in [5, 5.41) is 7.61. The molecule has 8 heteroatoms. The highest BCUT2D eigenvalue weighted by Gasteiger charge is 2.35. The van der Waals surface area contributed by atoms with Gasteiger partial charge in [0.15, 0.2) is 5.65 Å². The lowest BCUT2D eigenvalue weighted by molar-refractivity contribution is -0.134. The lowest BCUT2D eigenvalue weighted by Gasteiger charge is -2.34. The van der Waals surface area contributed by atoms with Gasteiger partial charge in [0.25, 0.3) is 0 Å². The zero-order valence-electron chi connectivity index (χ0n) is 18.1. The molecule has 1 amide bonds. The predicted octanol–water partition coefficient (Wildman–Crippen LogP) is 2.96. The number of nitrogens with one attached hydrogen (secondary N) is 2. The summed E-state index contributed by atoms with van der Waals surface area (Å²) < 4.78 is 1.73. The number of hydrogen-bond donors (Lipinski definition) is 2. The number of aromatic amines is 1. The highest BCUT2D eigenvalue weighted by atomic mass is 16.2. The largest absolute Gasteiger partial charge is 0.373 e. The second kappa shape index (κ2) is 7.59. The van der Waals surface area contributed by atoms with Crippen molar-refractivity contribution in [2.45, 2.75) is 39.7 Å². The minimum Gasteiger partial charge on any atom is -0.373 e. The van der Waals surface area contributed by atoms with Crippen molar-refractivity contribution in [3.63, 3.8) is 0 Å². The van der Waals surface area contributed by atoms with Gasteiger partial charge in [-0.3, -0.25) is 9.48 Å². The number of carbonyl (C=O) groups is 1. The van der Waals surface area contributed by atoms with E-state index in [0.29, 0.717) is 11.3 Å². The third-order valence-corrected chi connectivity index (χ3v) is 5.56. The van der Waals surface area contributed by atoms with Crippen LogP contribution < -0.4 is 5.32 Å². The van der Waals surface area contributed by atoms with Gasteiger partial charge in [-0.05, 0) is 18.3 Å². The van der Waals surface area contributed by atoms with E-state index in [-0.39, 0.29) is 17.4 Å². The molecule has 4 heterocycles. The van der Waals surface area contributed by atoms with Gasteiger partial charge in [-0.2, -0.15) is 5.10 Å². The number of nitrogens with zero attached hydrogens (tertiary/aromatic N) is 5. The number of aromatic nitrogens is 5. The molecule has 3 aromatic rings. The van der Waals surface area contributed by atoms with Gasteiger partial charge in [-0.15, -0.1) is 0 Å². The molecule has 0 saturated carbocycles. The van der Waals surface area contributed by atoms with Crippen LogP contribution in [0.25, 0.3) is 28.1 Å². The van der Waals surface area contributed by atoms with E-state index in [1.54, 1.807) is 17.1 Å². The number of H-pyrrole nitrogens is 1. The molecule has 2 N–H and O–H groups in total. The Kier molecular flexibility index (Phi) is 5.09. The van der Waals surface area contributed by atoms with Crippen LogP contribution in [0.2, 0.25) is 0 Å². The van der Waals surface area contributed by atoms with Crippen LogP contribution in [0.15, 0.2) is 31.4 Å². The van der Waals surface area contributed by atoms with Crippen molar-refractivity contribution in [1.29, 1.82) is 0 Å². The second-order valence-electron chi connectivity index (χ2n) is 9.01. The van der Waals surface area contributed by atoms with Crippen molar-refractivity contribution in [3.05, 3.63) is 36.9 Å². The van der Waals surface area contributed by atoms with Crippen LogP contribution in [-0.4, -0.2) is 54.7 Å². The lowest BCUT2D eigenvalue weighted by Crippen LogP contribution is -2.51. The van der Waals surface area contributed by atoms with Gasteiger partial charge in [0, 0.05) is 49.4 Å². The first-order valence-electron chi connectivity index (χ1n) is 10.3. The van der Waals surface area contributed by atoms with Crippen LogP contribution in [0.5, 0.6) is 0 Å². The number of aryl methyl sites for hydroxylation is 1. The number of carbonyl (C=O) groups excluding carboxylic acids is 1. The number of hydrogen-bond acceptors (Lipinski definition) is 5. The molecular weight excluding hydrogens is 378 g/mol. The molecule has 1 saturated heterocycles. The summed E-state index contributed by atoms with van der Waals surface area (Å²) in [6.45, 7) is 12.1. The quantitative estimate of drug-likeness (QED) is 0.678. The van der Waals surface area contributed by atoms with Crippen molar-refractivity contribution in [2.24, 2.45) is 12.5 Å². The van der Waals surface area contributed by atoms with Gasteiger partial charge in [-0.1, -0.05) is 27.4 Å². The summed E-state index contributed by atoms with van der Waals surface area (Å²) in [4.78, 5) is 27.6. The van der Waals surface area contributed by atoms with Gasteiger partial charge >= 0.3 is 0 Å². The first kappa shape index (κ1) is 20.1. The summed E-state index contributed by atoms with van der Waals surface area (Å²) in [6, 6.07) is -0.373. The molecule has 1 atom stereocenters. The van der Waals surface area contributed by atoms with E-state index in [1.807, 2.05) is 24.3 Å². The molecule has 1 aliphatic rings. The van der Waals surface area contributed by atoms with Crippen LogP contribution in [0.4, 0.5) is 0 Å². The number of fused-ring (bicyclic) bond motifs is 1. The molecule has 158 valence electrons. The third kappa shape index (κ3) is 3.81. The Morgan fingerprint density at radius 2 is 2.00 bits per heavy atom. The van der Waals surface area contributed by atoms with Crippen molar-refractivity contribution < 1.29 is 4.79 Å². The normalized spacial score (nSPS) is 15.5. The molecule has 0 unspecified atom stereocenters. The molecule has 1 fully saturated rings. The average molecular weight is 408 g/mol. The topological polar surface area (TPSA) is 91.7 Å². The van der Waals surface area contributed by atoms with Crippen molar-refractivity contribution in [2.75, 3.05) is 13.1 Å². The highest BCUT2D eigenvalue weighted by Crippen LogP contribution is 2.28. The van der Waals surface area contributed by atoms with Gasteiger partial charge in [0.2, 0.25) is 5.91 Å². The van der Waals surface area contributed by atoms with Crippen LogP contribution in [0.3, 0.4) is 0 Å². The minimum atomic E-state index is -0.373. The van der Waals surface area contributed by atoms with Crippen molar-refractivity contribution in [1.82, 2.24) is 34.9 Å². The van der Waals surface area contributed by atoms with E-state index >= 15 is 0 Å². The molecule has 0 bridgehead atoms. The Morgan fingerprint density at radius 3 is 2.63 bits per heavy atom.